The molecule has 2 rings (SSSR count). The number of anilines is 1. The van der Waals surface area contributed by atoms with Crippen molar-refractivity contribution in [2.75, 3.05) is 31.9 Å². The molecule has 82 valence electrons. The maximum absolute atomic E-state index is 11.9. The highest BCUT2D eigenvalue weighted by molar-refractivity contribution is 5.91. The van der Waals surface area contributed by atoms with E-state index in [-0.39, 0.29) is 11.8 Å². The fraction of sp³-hybridized carbons (Fsp3) is 0.500. The lowest BCUT2D eigenvalue weighted by Crippen LogP contribution is -2.33. The summed E-state index contributed by atoms with van der Waals surface area (Å²) in [7, 11) is 0. The fourth-order valence-electron chi connectivity index (χ4n) is 1.67. The molecular formula is C10H15N3O2. The monoisotopic (exact) mass is 209 g/mol. The number of nitrogen functional groups attached to an aromatic ring is 1. The van der Waals surface area contributed by atoms with Crippen LogP contribution in [0.5, 0.6) is 0 Å². The number of amides is 1. The molecule has 5 nitrogen and oxygen atoms in total. The van der Waals surface area contributed by atoms with E-state index in [2.05, 4.69) is 5.32 Å². The second-order valence-corrected chi connectivity index (χ2v) is 3.60. The summed E-state index contributed by atoms with van der Waals surface area (Å²) in [4.78, 5) is 13.7. The lowest BCUT2D eigenvalue weighted by Gasteiger charge is -2.18. The number of carbonyl (C=O) groups excluding carboxylic acids is 1. The normalized spacial score (nSPS) is 17.5. The minimum atomic E-state index is -0.0737. The first-order valence-corrected chi connectivity index (χ1v) is 5.12. The molecule has 0 bridgehead atoms. The van der Waals surface area contributed by atoms with Crippen molar-refractivity contribution >= 4 is 11.8 Å². The van der Waals surface area contributed by atoms with Crippen LogP contribution in [0.2, 0.25) is 0 Å². The van der Waals surface area contributed by atoms with Crippen LogP contribution in [0.1, 0.15) is 17.0 Å². The summed E-state index contributed by atoms with van der Waals surface area (Å²) >= 11 is 0. The standard InChI is InChI=1S/C10H15N3O2/c11-9-3-2-8(15-9)10(14)13-6-1-4-12-5-7-13/h2-3,12H,1,4-7,11H2. The van der Waals surface area contributed by atoms with E-state index in [1.54, 1.807) is 17.0 Å². The van der Waals surface area contributed by atoms with Gasteiger partial charge in [0.1, 0.15) is 0 Å². The third-order valence-corrected chi connectivity index (χ3v) is 2.46. The molecule has 0 radical (unpaired) electrons. The van der Waals surface area contributed by atoms with Crippen LogP contribution in [0, 0.1) is 0 Å². The Balaban J connectivity index is 2.06. The van der Waals surface area contributed by atoms with E-state index in [1.807, 2.05) is 0 Å². The van der Waals surface area contributed by atoms with Gasteiger partial charge in [0.25, 0.3) is 5.91 Å². The van der Waals surface area contributed by atoms with E-state index in [9.17, 15) is 4.79 Å². The summed E-state index contributed by atoms with van der Waals surface area (Å²) in [6.07, 6.45) is 0.974. The van der Waals surface area contributed by atoms with Crippen molar-refractivity contribution in [2.45, 2.75) is 6.42 Å². The van der Waals surface area contributed by atoms with Gasteiger partial charge >= 0.3 is 0 Å². The van der Waals surface area contributed by atoms with Crippen LogP contribution in [0.3, 0.4) is 0 Å². The first-order valence-electron chi connectivity index (χ1n) is 5.12. The maximum atomic E-state index is 11.9. The number of hydrogen-bond donors (Lipinski definition) is 2. The predicted molar refractivity (Wildman–Crippen MR) is 56.5 cm³/mol. The summed E-state index contributed by atoms with van der Waals surface area (Å²) in [5, 5.41) is 3.24. The van der Waals surface area contributed by atoms with Crippen molar-refractivity contribution in [2.24, 2.45) is 0 Å². The van der Waals surface area contributed by atoms with Gasteiger partial charge in [0.05, 0.1) is 0 Å². The second kappa shape index (κ2) is 4.35. The molecule has 3 N–H and O–H groups in total. The van der Waals surface area contributed by atoms with Gasteiger partial charge in [-0.05, 0) is 19.0 Å². The molecule has 1 amide bonds. The number of furan rings is 1. The summed E-state index contributed by atoms with van der Waals surface area (Å²) in [6.45, 7) is 3.29. The summed E-state index contributed by atoms with van der Waals surface area (Å²) in [6, 6.07) is 3.22. The molecule has 0 unspecified atom stereocenters. The van der Waals surface area contributed by atoms with Crippen LogP contribution < -0.4 is 11.1 Å². The van der Waals surface area contributed by atoms with Crippen LogP contribution in [0.25, 0.3) is 0 Å². The smallest absolute Gasteiger partial charge is 0.289 e. The quantitative estimate of drug-likeness (QED) is 0.697. The minimum absolute atomic E-state index is 0.0737. The number of nitrogens with one attached hydrogen (secondary N) is 1. The summed E-state index contributed by atoms with van der Waals surface area (Å²) < 4.78 is 5.11. The van der Waals surface area contributed by atoms with Gasteiger partial charge in [-0.1, -0.05) is 0 Å². The molecule has 5 heteroatoms. The topological polar surface area (TPSA) is 71.5 Å². The number of nitrogens with zero attached hydrogens (tertiary/aromatic N) is 1. The Hall–Kier alpha value is -1.49. The molecule has 1 aliphatic rings. The molecule has 1 saturated heterocycles. The number of rotatable bonds is 1. The third kappa shape index (κ3) is 2.30. The highest BCUT2D eigenvalue weighted by atomic mass is 16.4. The molecule has 1 aromatic rings. The molecule has 0 atom stereocenters. The van der Waals surface area contributed by atoms with Crippen molar-refractivity contribution in [3.63, 3.8) is 0 Å². The zero-order valence-corrected chi connectivity index (χ0v) is 8.53. The molecule has 1 aromatic heterocycles. The zero-order valence-electron chi connectivity index (χ0n) is 8.53. The van der Waals surface area contributed by atoms with Gasteiger partial charge in [0, 0.05) is 25.7 Å². The molecule has 0 aliphatic carbocycles. The lowest BCUT2D eigenvalue weighted by molar-refractivity contribution is 0.0735. The van der Waals surface area contributed by atoms with Gasteiger partial charge in [0.2, 0.25) is 0 Å². The van der Waals surface area contributed by atoms with Crippen molar-refractivity contribution in [3.8, 4) is 0 Å². The number of carbonyl (C=O) groups is 1. The Morgan fingerprint density at radius 3 is 3.00 bits per heavy atom. The largest absolute Gasteiger partial charge is 0.436 e. The van der Waals surface area contributed by atoms with Crippen molar-refractivity contribution in [1.29, 1.82) is 0 Å². The number of hydrogen-bond acceptors (Lipinski definition) is 4. The predicted octanol–water partition coefficient (Wildman–Crippen LogP) is 0.297. The fourth-order valence-corrected chi connectivity index (χ4v) is 1.67. The van der Waals surface area contributed by atoms with E-state index in [0.717, 1.165) is 32.6 Å². The molecular weight excluding hydrogens is 194 g/mol. The Morgan fingerprint density at radius 1 is 1.40 bits per heavy atom. The molecule has 0 saturated carbocycles. The zero-order chi connectivity index (χ0) is 10.7. The summed E-state index contributed by atoms with van der Waals surface area (Å²) in [5.74, 6) is 0.538. The van der Waals surface area contributed by atoms with Crippen LogP contribution in [0.15, 0.2) is 16.5 Å². The lowest BCUT2D eigenvalue weighted by atomic mass is 10.3. The molecule has 1 fully saturated rings. The highest BCUT2D eigenvalue weighted by Crippen LogP contribution is 2.12. The van der Waals surface area contributed by atoms with E-state index in [4.69, 9.17) is 10.2 Å². The van der Waals surface area contributed by atoms with Gasteiger partial charge in [0.15, 0.2) is 11.6 Å². The Labute approximate surface area is 88.2 Å². The van der Waals surface area contributed by atoms with Crippen LogP contribution >= 0.6 is 0 Å². The average Bonchev–Trinajstić information content (AvgIpc) is 2.53. The minimum Gasteiger partial charge on any atom is -0.436 e. The third-order valence-electron chi connectivity index (χ3n) is 2.46. The average molecular weight is 209 g/mol. The SMILES string of the molecule is Nc1ccc(C(=O)N2CCCNCC2)o1. The summed E-state index contributed by atoms with van der Waals surface area (Å²) in [5.41, 5.74) is 5.43. The van der Waals surface area contributed by atoms with Crippen LogP contribution in [-0.4, -0.2) is 37.0 Å². The Kier molecular flexibility index (Phi) is 2.91. The van der Waals surface area contributed by atoms with Gasteiger partial charge in [-0.3, -0.25) is 4.79 Å². The van der Waals surface area contributed by atoms with E-state index in [0.29, 0.717) is 5.76 Å². The molecule has 0 spiro atoms. The first kappa shape index (κ1) is 10.0. The molecule has 1 aliphatic heterocycles. The first-order chi connectivity index (χ1) is 7.27. The van der Waals surface area contributed by atoms with E-state index in [1.165, 1.54) is 0 Å². The molecule has 2 heterocycles. The van der Waals surface area contributed by atoms with Crippen molar-refractivity contribution in [3.05, 3.63) is 17.9 Å². The van der Waals surface area contributed by atoms with Gasteiger partial charge < -0.3 is 20.4 Å². The van der Waals surface area contributed by atoms with Crippen LogP contribution in [0.4, 0.5) is 5.88 Å². The molecule has 15 heavy (non-hydrogen) atoms. The second-order valence-electron chi connectivity index (χ2n) is 3.60. The van der Waals surface area contributed by atoms with Crippen molar-refractivity contribution in [1.82, 2.24) is 10.2 Å². The van der Waals surface area contributed by atoms with E-state index < -0.39 is 0 Å². The Morgan fingerprint density at radius 2 is 2.27 bits per heavy atom. The maximum Gasteiger partial charge on any atom is 0.289 e. The highest BCUT2D eigenvalue weighted by Gasteiger charge is 2.19. The van der Waals surface area contributed by atoms with Crippen LogP contribution in [-0.2, 0) is 0 Å². The van der Waals surface area contributed by atoms with Gasteiger partial charge in [-0.15, -0.1) is 0 Å². The Bertz CT molecular complexity index is 340. The number of nitrogens with two attached hydrogens (primary N) is 1. The van der Waals surface area contributed by atoms with E-state index >= 15 is 0 Å². The molecule has 0 aromatic carbocycles. The van der Waals surface area contributed by atoms with Gasteiger partial charge in [-0.25, -0.2) is 0 Å². The van der Waals surface area contributed by atoms with Crippen molar-refractivity contribution < 1.29 is 9.21 Å². The van der Waals surface area contributed by atoms with Gasteiger partial charge in [-0.2, -0.15) is 0 Å².